The van der Waals surface area contributed by atoms with E-state index < -0.39 is 0 Å². The van der Waals surface area contributed by atoms with Gasteiger partial charge in [0.05, 0.1) is 0 Å². The molecule has 1 rings (SSSR count). The van der Waals surface area contributed by atoms with Crippen molar-refractivity contribution >= 4 is 35.8 Å². The van der Waals surface area contributed by atoms with E-state index in [0.717, 1.165) is 77.6 Å². The SMILES string of the molecule is CCOCCCNC(=NCC(=O)N(C)C)NC1CCN(CCCOC)CC1.I. The Hall–Kier alpha value is -0.650. The highest BCUT2D eigenvalue weighted by molar-refractivity contribution is 14.0. The number of likely N-dealkylation sites (N-methyl/N-ethyl adjacent to an activating group) is 1. The molecule has 9 heteroatoms. The number of methoxy groups -OCH3 is 1. The fraction of sp³-hybridized carbons (Fsp3) is 0.895. The number of carbonyl (C=O) groups excluding carboxylic acids is 1. The average Bonchev–Trinajstić information content (AvgIpc) is 2.66. The highest BCUT2D eigenvalue weighted by Gasteiger charge is 2.19. The Labute approximate surface area is 187 Å². The van der Waals surface area contributed by atoms with Gasteiger partial charge in [0.2, 0.25) is 5.91 Å². The molecule has 1 amide bonds. The molecule has 0 bridgehead atoms. The van der Waals surface area contributed by atoms with Crippen molar-refractivity contribution in [3.05, 3.63) is 0 Å². The van der Waals surface area contributed by atoms with Gasteiger partial charge in [0.1, 0.15) is 6.54 Å². The third-order valence-electron chi connectivity index (χ3n) is 4.58. The summed E-state index contributed by atoms with van der Waals surface area (Å²) in [7, 11) is 5.25. The van der Waals surface area contributed by atoms with Gasteiger partial charge in [-0.05, 0) is 32.6 Å². The number of halogens is 1. The molecular formula is C19H40IN5O3. The molecule has 0 aromatic carbocycles. The van der Waals surface area contributed by atoms with Crippen LogP contribution in [0.25, 0.3) is 0 Å². The topological polar surface area (TPSA) is 78.4 Å². The first-order chi connectivity index (χ1) is 13.1. The molecule has 0 spiro atoms. The number of likely N-dealkylation sites (tertiary alicyclic amines) is 1. The van der Waals surface area contributed by atoms with Crippen LogP contribution in [0, 0.1) is 0 Å². The van der Waals surface area contributed by atoms with Crippen molar-refractivity contribution in [1.29, 1.82) is 0 Å². The number of carbonyl (C=O) groups is 1. The van der Waals surface area contributed by atoms with Crippen molar-refractivity contribution in [2.45, 2.75) is 38.6 Å². The lowest BCUT2D eigenvalue weighted by atomic mass is 10.1. The summed E-state index contributed by atoms with van der Waals surface area (Å²) in [6.07, 6.45) is 4.14. The second kappa shape index (κ2) is 17.2. The molecule has 2 N–H and O–H groups in total. The molecule has 1 heterocycles. The number of piperidine rings is 1. The number of rotatable bonds is 12. The number of amides is 1. The Morgan fingerprint density at radius 3 is 2.54 bits per heavy atom. The molecule has 8 nitrogen and oxygen atoms in total. The number of guanidine groups is 1. The number of hydrogen-bond donors (Lipinski definition) is 2. The standard InChI is InChI=1S/C19H39N5O3.HI/c1-5-27-15-6-10-20-19(21-16-18(25)23(2)3)22-17-8-12-24(13-9-17)11-7-14-26-4;/h17H,5-16H2,1-4H3,(H2,20,21,22);1H. The van der Waals surface area contributed by atoms with Gasteiger partial charge in [-0.15, -0.1) is 24.0 Å². The van der Waals surface area contributed by atoms with Crippen LogP contribution in [0.15, 0.2) is 4.99 Å². The van der Waals surface area contributed by atoms with Crippen LogP contribution in [0.1, 0.15) is 32.6 Å². The average molecular weight is 513 g/mol. The van der Waals surface area contributed by atoms with Crippen molar-refractivity contribution in [3.8, 4) is 0 Å². The quantitative estimate of drug-likeness (QED) is 0.177. The van der Waals surface area contributed by atoms with Crippen molar-refractivity contribution in [1.82, 2.24) is 20.4 Å². The maximum atomic E-state index is 11.8. The lowest BCUT2D eigenvalue weighted by Crippen LogP contribution is -2.49. The molecule has 0 atom stereocenters. The summed E-state index contributed by atoms with van der Waals surface area (Å²) in [6.45, 7) is 8.46. The minimum Gasteiger partial charge on any atom is -0.385 e. The van der Waals surface area contributed by atoms with Crippen molar-refractivity contribution in [2.24, 2.45) is 4.99 Å². The van der Waals surface area contributed by atoms with E-state index >= 15 is 0 Å². The Morgan fingerprint density at radius 1 is 1.21 bits per heavy atom. The largest absolute Gasteiger partial charge is 0.385 e. The number of nitrogens with zero attached hydrogens (tertiary/aromatic N) is 3. The molecule has 1 aliphatic heterocycles. The number of ether oxygens (including phenoxy) is 2. The molecule has 1 aliphatic rings. The summed E-state index contributed by atoms with van der Waals surface area (Å²) in [5.74, 6) is 0.720. The van der Waals surface area contributed by atoms with Crippen LogP contribution in [0.4, 0.5) is 0 Å². The van der Waals surface area contributed by atoms with E-state index in [9.17, 15) is 4.79 Å². The predicted molar refractivity (Wildman–Crippen MR) is 125 cm³/mol. The summed E-state index contributed by atoms with van der Waals surface area (Å²) in [5, 5.41) is 6.84. The van der Waals surface area contributed by atoms with E-state index in [1.807, 2.05) is 6.92 Å². The van der Waals surface area contributed by atoms with Crippen molar-refractivity contribution in [2.75, 3.05) is 73.7 Å². The second-order valence-electron chi connectivity index (χ2n) is 7.04. The fourth-order valence-electron chi connectivity index (χ4n) is 2.89. The van der Waals surface area contributed by atoms with Gasteiger partial charge >= 0.3 is 0 Å². The molecule has 0 radical (unpaired) electrons. The Balaban J connectivity index is 0.00000729. The Morgan fingerprint density at radius 2 is 1.93 bits per heavy atom. The Kier molecular flexibility index (Phi) is 16.8. The van der Waals surface area contributed by atoms with E-state index in [1.165, 1.54) is 0 Å². The summed E-state index contributed by atoms with van der Waals surface area (Å²) >= 11 is 0. The number of aliphatic imine (C=N–C) groups is 1. The van der Waals surface area contributed by atoms with E-state index in [-0.39, 0.29) is 36.4 Å². The highest BCUT2D eigenvalue weighted by Crippen LogP contribution is 2.10. The van der Waals surface area contributed by atoms with Crippen LogP contribution >= 0.6 is 24.0 Å². The lowest BCUT2D eigenvalue weighted by Gasteiger charge is -2.33. The van der Waals surface area contributed by atoms with Crippen molar-refractivity contribution < 1.29 is 14.3 Å². The summed E-state index contributed by atoms with van der Waals surface area (Å²) < 4.78 is 10.5. The van der Waals surface area contributed by atoms with Crippen LogP contribution in [-0.2, 0) is 14.3 Å². The maximum Gasteiger partial charge on any atom is 0.243 e. The molecule has 0 aromatic rings. The first-order valence-corrected chi connectivity index (χ1v) is 10.1. The summed E-state index contributed by atoms with van der Waals surface area (Å²) in [6, 6.07) is 0.385. The third-order valence-corrected chi connectivity index (χ3v) is 4.58. The van der Waals surface area contributed by atoms with Gasteiger partial charge in [-0.3, -0.25) is 4.79 Å². The number of nitrogens with one attached hydrogen (secondary N) is 2. The monoisotopic (exact) mass is 513 g/mol. The fourth-order valence-corrected chi connectivity index (χ4v) is 2.89. The van der Waals surface area contributed by atoms with Crippen LogP contribution in [0.2, 0.25) is 0 Å². The first-order valence-electron chi connectivity index (χ1n) is 10.1. The summed E-state index contributed by atoms with van der Waals surface area (Å²) in [4.78, 5) is 20.4. The second-order valence-corrected chi connectivity index (χ2v) is 7.04. The number of hydrogen-bond acceptors (Lipinski definition) is 5. The molecule has 166 valence electrons. The molecular weight excluding hydrogens is 473 g/mol. The molecule has 28 heavy (non-hydrogen) atoms. The maximum absolute atomic E-state index is 11.8. The van der Waals surface area contributed by atoms with Crippen LogP contribution in [0.5, 0.6) is 0 Å². The normalized spacial score (nSPS) is 15.8. The van der Waals surface area contributed by atoms with E-state index in [4.69, 9.17) is 9.47 Å². The van der Waals surface area contributed by atoms with Crippen LogP contribution in [0.3, 0.4) is 0 Å². The predicted octanol–water partition coefficient (Wildman–Crippen LogP) is 1.16. The zero-order valence-electron chi connectivity index (χ0n) is 18.0. The Bertz CT molecular complexity index is 430. The summed E-state index contributed by atoms with van der Waals surface area (Å²) in [5.41, 5.74) is 0. The third kappa shape index (κ3) is 12.7. The zero-order chi connectivity index (χ0) is 19.9. The first kappa shape index (κ1) is 27.4. The smallest absolute Gasteiger partial charge is 0.243 e. The van der Waals surface area contributed by atoms with E-state index in [1.54, 1.807) is 26.1 Å². The van der Waals surface area contributed by atoms with Gasteiger partial charge in [-0.2, -0.15) is 0 Å². The van der Waals surface area contributed by atoms with Gasteiger partial charge in [0.15, 0.2) is 5.96 Å². The minimum absolute atomic E-state index is 0. The van der Waals surface area contributed by atoms with E-state index in [0.29, 0.717) is 6.04 Å². The van der Waals surface area contributed by atoms with E-state index in [2.05, 4.69) is 20.5 Å². The van der Waals surface area contributed by atoms with Crippen LogP contribution in [-0.4, -0.2) is 101 Å². The molecule has 0 aromatic heterocycles. The van der Waals surface area contributed by atoms with Gasteiger partial charge in [0, 0.05) is 73.2 Å². The molecule has 0 saturated carbocycles. The lowest BCUT2D eigenvalue weighted by molar-refractivity contribution is -0.127. The van der Waals surface area contributed by atoms with Gasteiger partial charge in [-0.25, -0.2) is 4.99 Å². The molecule has 1 fully saturated rings. The highest BCUT2D eigenvalue weighted by atomic mass is 127. The van der Waals surface area contributed by atoms with Crippen LogP contribution < -0.4 is 10.6 Å². The molecule has 1 saturated heterocycles. The minimum atomic E-state index is -0.00150. The van der Waals surface area contributed by atoms with Gasteiger partial charge in [0.25, 0.3) is 0 Å². The molecule has 0 unspecified atom stereocenters. The van der Waals surface area contributed by atoms with Crippen molar-refractivity contribution in [3.63, 3.8) is 0 Å². The van der Waals surface area contributed by atoms with Gasteiger partial charge < -0.3 is 29.9 Å². The zero-order valence-corrected chi connectivity index (χ0v) is 20.4. The molecule has 0 aliphatic carbocycles. The van der Waals surface area contributed by atoms with Gasteiger partial charge in [-0.1, -0.05) is 0 Å².